The van der Waals surface area contributed by atoms with Crippen LogP contribution in [0.15, 0.2) is 0 Å². The molecule has 0 aliphatic carbocycles. The lowest BCUT2D eigenvalue weighted by Gasteiger charge is -2.43. The van der Waals surface area contributed by atoms with Crippen molar-refractivity contribution in [2.24, 2.45) is 0 Å². The fraction of sp³-hybridized carbons (Fsp3) is 1.00. The first-order valence-electron chi connectivity index (χ1n) is 6.15. The number of piperidine rings is 1. The van der Waals surface area contributed by atoms with E-state index in [4.69, 9.17) is 4.74 Å². The zero-order valence-electron chi connectivity index (χ0n) is 10.1. The van der Waals surface area contributed by atoms with Crippen molar-refractivity contribution in [2.75, 3.05) is 33.4 Å². The van der Waals surface area contributed by atoms with E-state index in [1.807, 2.05) is 4.90 Å². The Balaban J connectivity index is 1.93. The fourth-order valence-corrected chi connectivity index (χ4v) is 2.85. The van der Waals surface area contributed by atoms with Crippen LogP contribution in [-0.2, 0) is 4.74 Å². The molecule has 5 atom stereocenters. The van der Waals surface area contributed by atoms with E-state index < -0.39 is 18.3 Å². The molecule has 2 aliphatic heterocycles. The van der Waals surface area contributed by atoms with Gasteiger partial charge >= 0.3 is 0 Å². The Labute approximate surface area is 101 Å². The molecule has 2 heterocycles. The van der Waals surface area contributed by atoms with E-state index in [1.54, 1.807) is 7.11 Å². The first-order chi connectivity index (χ1) is 8.15. The van der Waals surface area contributed by atoms with Crippen molar-refractivity contribution < 1.29 is 20.1 Å². The lowest BCUT2D eigenvalue weighted by atomic mass is 9.91. The summed E-state index contributed by atoms with van der Waals surface area (Å²) in [6.07, 6.45) is -1.58. The average Bonchev–Trinajstić information content (AvgIpc) is 2.67. The quantitative estimate of drug-likeness (QED) is 0.420. The Hall–Kier alpha value is -0.240. The van der Waals surface area contributed by atoms with Crippen LogP contribution in [0.2, 0.25) is 0 Å². The fourth-order valence-electron chi connectivity index (χ4n) is 2.85. The highest BCUT2D eigenvalue weighted by Gasteiger charge is 2.47. The highest BCUT2D eigenvalue weighted by molar-refractivity contribution is 5.03. The number of fused-ring (bicyclic) bond motifs is 1. The Kier molecular flexibility index (Phi) is 4.35. The number of nitrogens with zero attached hydrogens (tertiary/aromatic N) is 1. The topological polar surface area (TPSA) is 85.2 Å². The molecular weight excluding hydrogens is 224 g/mol. The summed E-state index contributed by atoms with van der Waals surface area (Å²) in [5, 5.41) is 33.0. The van der Waals surface area contributed by atoms with Gasteiger partial charge in [-0.2, -0.15) is 0 Å². The van der Waals surface area contributed by atoms with E-state index in [0.29, 0.717) is 26.1 Å². The molecule has 17 heavy (non-hydrogen) atoms. The van der Waals surface area contributed by atoms with E-state index in [2.05, 4.69) is 5.32 Å². The van der Waals surface area contributed by atoms with Crippen LogP contribution in [0.4, 0.5) is 0 Å². The van der Waals surface area contributed by atoms with Crippen LogP contribution in [0, 0.1) is 0 Å². The Bertz CT molecular complexity index is 254. The number of hydrogen-bond acceptors (Lipinski definition) is 6. The molecule has 0 unspecified atom stereocenters. The summed E-state index contributed by atoms with van der Waals surface area (Å²) in [5.74, 6) is 0. The molecule has 0 spiro atoms. The van der Waals surface area contributed by atoms with Gasteiger partial charge in [0.05, 0.1) is 31.0 Å². The zero-order valence-corrected chi connectivity index (χ0v) is 10.1. The molecule has 100 valence electrons. The van der Waals surface area contributed by atoms with Gasteiger partial charge < -0.3 is 25.4 Å². The maximum atomic E-state index is 10.0. The molecule has 0 aromatic heterocycles. The number of aliphatic hydroxyl groups excluding tert-OH is 3. The van der Waals surface area contributed by atoms with Crippen LogP contribution in [-0.4, -0.2) is 84.0 Å². The maximum Gasteiger partial charge on any atom is 0.0994 e. The maximum absolute atomic E-state index is 10.0. The Morgan fingerprint density at radius 3 is 2.76 bits per heavy atom. The smallest absolute Gasteiger partial charge is 0.0994 e. The molecule has 2 rings (SSSR count). The number of nitrogens with one attached hydrogen (secondary N) is 1. The van der Waals surface area contributed by atoms with E-state index in [-0.39, 0.29) is 12.1 Å². The van der Waals surface area contributed by atoms with Crippen LogP contribution in [0.5, 0.6) is 0 Å². The van der Waals surface area contributed by atoms with Gasteiger partial charge in [0.1, 0.15) is 0 Å². The highest BCUT2D eigenvalue weighted by atomic mass is 16.5. The standard InChI is InChI=1S/C11H22N2O4/c1-17-5-3-12-7-6-13-4-2-8(14)9(13)11(16)10(7)15/h7-12,14-16H,2-6H2,1H3/t7-,8-,9+,10+,11+/m0/s1. The van der Waals surface area contributed by atoms with Crippen molar-refractivity contribution in [3.8, 4) is 0 Å². The van der Waals surface area contributed by atoms with Crippen molar-refractivity contribution in [2.45, 2.75) is 36.8 Å². The number of hydrogen-bond donors (Lipinski definition) is 4. The minimum absolute atomic E-state index is 0.165. The number of aliphatic hydroxyl groups is 3. The summed E-state index contributed by atoms with van der Waals surface area (Å²) >= 11 is 0. The summed E-state index contributed by atoms with van der Waals surface area (Å²) in [7, 11) is 1.63. The van der Waals surface area contributed by atoms with Crippen molar-refractivity contribution in [1.82, 2.24) is 10.2 Å². The zero-order chi connectivity index (χ0) is 12.4. The van der Waals surface area contributed by atoms with Crippen LogP contribution in [0.3, 0.4) is 0 Å². The molecule has 2 aliphatic rings. The van der Waals surface area contributed by atoms with Gasteiger partial charge in [-0.05, 0) is 6.42 Å². The van der Waals surface area contributed by atoms with Gasteiger partial charge in [0.15, 0.2) is 0 Å². The largest absolute Gasteiger partial charge is 0.391 e. The van der Waals surface area contributed by atoms with Gasteiger partial charge in [0, 0.05) is 32.8 Å². The Morgan fingerprint density at radius 1 is 1.29 bits per heavy atom. The molecule has 2 saturated heterocycles. The highest BCUT2D eigenvalue weighted by Crippen LogP contribution is 2.28. The molecule has 0 bridgehead atoms. The molecule has 2 fully saturated rings. The predicted octanol–water partition coefficient (Wildman–Crippen LogP) is -2.24. The first-order valence-corrected chi connectivity index (χ1v) is 6.15. The lowest BCUT2D eigenvalue weighted by Crippen LogP contribution is -2.65. The van der Waals surface area contributed by atoms with Gasteiger partial charge in [-0.3, -0.25) is 4.90 Å². The van der Waals surface area contributed by atoms with Gasteiger partial charge in [-0.1, -0.05) is 0 Å². The Morgan fingerprint density at radius 2 is 2.06 bits per heavy atom. The van der Waals surface area contributed by atoms with E-state index in [1.165, 1.54) is 0 Å². The monoisotopic (exact) mass is 246 g/mol. The molecule has 6 heteroatoms. The molecule has 0 aromatic carbocycles. The van der Waals surface area contributed by atoms with Crippen LogP contribution in [0.25, 0.3) is 0 Å². The van der Waals surface area contributed by atoms with Gasteiger partial charge in [-0.15, -0.1) is 0 Å². The molecule has 0 amide bonds. The minimum Gasteiger partial charge on any atom is -0.391 e. The number of rotatable bonds is 4. The third kappa shape index (κ3) is 2.62. The second-order valence-corrected chi connectivity index (χ2v) is 4.88. The van der Waals surface area contributed by atoms with Crippen molar-refractivity contribution >= 4 is 0 Å². The third-order valence-corrected chi connectivity index (χ3v) is 3.78. The van der Waals surface area contributed by atoms with E-state index in [0.717, 1.165) is 6.54 Å². The lowest BCUT2D eigenvalue weighted by molar-refractivity contribution is -0.102. The third-order valence-electron chi connectivity index (χ3n) is 3.78. The second-order valence-electron chi connectivity index (χ2n) is 4.88. The van der Waals surface area contributed by atoms with Crippen LogP contribution >= 0.6 is 0 Å². The molecule has 6 nitrogen and oxygen atoms in total. The summed E-state index contributed by atoms with van der Waals surface area (Å²) in [6.45, 7) is 2.65. The molecule has 4 N–H and O–H groups in total. The van der Waals surface area contributed by atoms with E-state index >= 15 is 0 Å². The van der Waals surface area contributed by atoms with Crippen molar-refractivity contribution in [3.05, 3.63) is 0 Å². The SMILES string of the molecule is COCCN[C@H]1CN2CC[C@H](O)[C@@H]2[C@@H](O)[C@@H]1O. The summed E-state index contributed by atoms with van der Waals surface area (Å²) < 4.78 is 4.94. The molecule has 0 saturated carbocycles. The molecular formula is C11H22N2O4. The van der Waals surface area contributed by atoms with Crippen molar-refractivity contribution in [1.29, 1.82) is 0 Å². The van der Waals surface area contributed by atoms with E-state index in [9.17, 15) is 15.3 Å². The van der Waals surface area contributed by atoms with Crippen LogP contribution in [0.1, 0.15) is 6.42 Å². The second kappa shape index (κ2) is 5.60. The summed E-state index contributed by atoms with van der Waals surface area (Å²) in [5.41, 5.74) is 0. The number of ether oxygens (including phenoxy) is 1. The number of methoxy groups -OCH3 is 1. The summed E-state index contributed by atoms with van der Waals surface area (Å²) in [6, 6.07) is -0.479. The first kappa shape index (κ1) is 13.2. The van der Waals surface area contributed by atoms with Gasteiger partial charge in [0.25, 0.3) is 0 Å². The van der Waals surface area contributed by atoms with Crippen LogP contribution < -0.4 is 5.32 Å². The molecule has 0 radical (unpaired) electrons. The predicted molar refractivity (Wildman–Crippen MR) is 61.7 cm³/mol. The normalized spacial score (nSPS) is 42.7. The average molecular weight is 246 g/mol. The van der Waals surface area contributed by atoms with Crippen molar-refractivity contribution in [3.63, 3.8) is 0 Å². The summed E-state index contributed by atoms with van der Waals surface area (Å²) in [4.78, 5) is 2.05. The van der Waals surface area contributed by atoms with Gasteiger partial charge in [-0.25, -0.2) is 0 Å². The van der Waals surface area contributed by atoms with Gasteiger partial charge in [0.2, 0.25) is 0 Å². The minimum atomic E-state index is -0.888. The molecule has 0 aromatic rings.